The van der Waals surface area contributed by atoms with E-state index < -0.39 is 11.6 Å². The molecule has 0 N–H and O–H groups in total. The molecule has 88 valence electrons. The highest BCUT2D eigenvalue weighted by Crippen LogP contribution is 2.12. The summed E-state index contributed by atoms with van der Waals surface area (Å²) in [5.74, 6) is -1.21. The fraction of sp³-hybridized carbons (Fsp3) is 0.154. The first-order valence-electron chi connectivity index (χ1n) is 5.17. The highest BCUT2D eigenvalue weighted by Gasteiger charge is 2.06. The van der Waals surface area contributed by atoms with Crippen LogP contribution in [-0.2, 0) is 6.54 Å². The van der Waals surface area contributed by atoms with E-state index in [1.807, 2.05) is 0 Å². The molecule has 1 aromatic heterocycles. The second kappa shape index (κ2) is 4.49. The summed E-state index contributed by atoms with van der Waals surface area (Å²) in [6.45, 7) is 1.75. The smallest absolute Gasteiger partial charge is 0.161 e. The number of carbonyl (C=O) groups excluding carboxylic acids is 1. The second-order valence-electron chi connectivity index (χ2n) is 3.86. The Labute approximate surface area is 97.5 Å². The van der Waals surface area contributed by atoms with Gasteiger partial charge in [0.2, 0.25) is 0 Å². The van der Waals surface area contributed by atoms with Gasteiger partial charge in [-0.15, -0.1) is 0 Å². The molecule has 0 bridgehead atoms. The predicted octanol–water partition coefficient (Wildman–Crippen LogP) is 3.02. The van der Waals surface area contributed by atoms with Crippen LogP contribution >= 0.6 is 0 Å². The number of ketones is 1. The largest absolute Gasteiger partial charge is 0.349 e. The minimum Gasteiger partial charge on any atom is -0.349 e. The first-order chi connectivity index (χ1) is 8.06. The van der Waals surface area contributed by atoms with E-state index in [1.54, 1.807) is 23.0 Å². The van der Waals surface area contributed by atoms with Gasteiger partial charge in [-0.05, 0) is 19.1 Å². The summed E-state index contributed by atoms with van der Waals surface area (Å²) in [4.78, 5) is 11.1. The Morgan fingerprint density at radius 3 is 2.65 bits per heavy atom. The molecule has 1 aromatic carbocycles. The van der Waals surface area contributed by atoms with Crippen LogP contribution in [0.4, 0.5) is 8.78 Å². The van der Waals surface area contributed by atoms with Crippen molar-refractivity contribution in [3.63, 3.8) is 0 Å². The fourth-order valence-electron chi connectivity index (χ4n) is 1.59. The summed E-state index contributed by atoms with van der Waals surface area (Å²) >= 11 is 0. The first kappa shape index (κ1) is 11.5. The Bertz CT molecular complexity index is 560. The molecule has 0 aliphatic heterocycles. The van der Waals surface area contributed by atoms with Gasteiger partial charge in [0, 0.05) is 36.1 Å². The second-order valence-corrected chi connectivity index (χ2v) is 3.86. The van der Waals surface area contributed by atoms with Gasteiger partial charge in [0.15, 0.2) is 5.78 Å². The van der Waals surface area contributed by atoms with Gasteiger partial charge in [0.25, 0.3) is 0 Å². The van der Waals surface area contributed by atoms with Crippen LogP contribution in [-0.4, -0.2) is 10.4 Å². The quantitative estimate of drug-likeness (QED) is 0.749. The van der Waals surface area contributed by atoms with Crippen molar-refractivity contribution in [1.82, 2.24) is 4.57 Å². The van der Waals surface area contributed by atoms with E-state index in [4.69, 9.17) is 0 Å². The molecule has 4 heteroatoms. The molecule has 0 spiro atoms. The normalized spacial score (nSPS) is 10.5. The van der Waals surface area contributed by atoms with Crippen LogP contribution in [0.2, 0.25) is 0 Å². The zero-order valence-corrected chi connectivity index (χ0v) is 9.28. The molecule has 0 saturated heterocycles. The first-order valence-corrected chi connectivity index (χ1v) is 5.17. The maximum atomic E-state index is 13.4. The average Bonchev–Trinajstić information content (AvgIpc) is 2.71. The van der Waals surface area contributed by atoms with Crippen LogP contribution in [0.3, 0.4) is 0 Å². The van der Waals surface area contributed by atoms with E-state index in [-0.39, 0.29) is 12.3 Å². The summed E-state index contributed by atoms with van der Waals surface area (Å²) in [6, 6.07) is 5.14. The third kappa shape index (κ3) is 2.58. The number of hydrogen-bond donors (Lipinski definition) is 0. The van der Waals surface area contributed by atoms with Crippen molar-refractivity contribution in [2.45, 2.75) is 13.5 Å². The Balaban J connectivity index is 2.22. The van der Waals surface area contributed by atoms with Gasteiger partial charge in [0.1, 0.15) is 11.6 Å². The molecular weight excluding hydrogens is 224 g/mol. The standard InChI is InChI=1S/C13H11F2NO/c1-9(17)10-4-5-16(7-10)8-11-2-3-12(14)6-13(11)15/h2-7H,8H2,1H3. The number of aromatic nitrogens is 1. The summed E-state index contributed by atoms with van der Waals surface area (Å²) in [5.41, 5.74) is 0.963. The average molecular weight is 235 g/mol. The van der Waals surface area contributed by atoms with Crippen molar-refractivity contribution in [3.8, 4) is 0 Å². The Morgan fingerprint density at radius 2 is 2.06 bits per heavy atom. The minimum absolute atomic E-state index is 0.0386. The summed E-state index contributed by atoms with van der Waals surface area (Å²) < 4.78 is 27.8. The van der Waals surface area contributed by atoms with Gasteiger partial charge in [-0.3, -0.25) is 4.79 Å². The Morgan fingerprint density at radius 1 is 1.29 bits per heavy atom. The van der Waals surface area contributed by atoms with Crippen molar-refractivity contribution in [2.75, 3.05) is 0 Å². The van der Waals surface area contributed by atoms with Crippen molar-refractivity contribution in [1.29, 1.82) is 0 Å². The van der Waals surface area contributed by atoms with E-state index in [0.29, 0.717) is 11.1 Å². The molecule has 1 heterocycles. The lowest BCUT2D eigenvalue weighted by molar-refractivity contribution is 0.101. The molecule has 0 aliphatic rings. The molecular formula is C13H11F2NO. The molecule has 0 fully saturated rings. The number of hydrogen-bond acceptors (Lipinski definition) is 1. The van der Waals surface area contributed by atoms with Crippen molar-refractivity contribution < 1.29 is 13.6 Å². The number of carbonyl (C=O) groups is 1. The fourth-order valence-corrected chi connectivity index (χ4v) is 1.59. The lowest BCUT2D eigenvalue weighted by atomic mass is 10.2. The zero-order chi connectivity index (χ0) is 12.4. The molecule has 0 amide bonds. The molecule has 0 unspecified atom stereocenters. The molecule has 0 saturated carbocycles. The molecule has 0 radical (unpaired) electrons. The summed E-state index contributed by atoms with van der Waals surface area (Å²) in [7, 11) is 0. The van der Waals surface area contributed by atoms with E-state index in [1.165, 1.54) is 19.1 Å². The van der Waals surface area contributed by atoms with E-state index in [9.17, 15) is 13.6 Å². The third-order valence-electron chi connectivity index (χ3n) is 2.53. The van der Waals surface area contributed by atoms with Crippen LogP contribution in [0.5, 0.6) is 0 Å². The summed E-state index contributed by atoms with van der Waals surface area (Å²) in [6.07, 6.45) is 3.34. The Hall–Kier alpha value is -1.97. The molecule has 0 aliphatic carbocycles. The van der Waals surface area contributed by atoms with Crippen molar-refractivity contribution in [2.24, 2.45) is 0 Å². The maximum Gasteiger partial charge on any atom is 0.161 e. The van der Waals surface area contributed by atoms with Gasteiger partial charge in [-0.1, -0.05) is 6.07 Å². The van der Waals surface area contributed by atoms with Crippen LogP contribution < -0.4 is 0 Å². The van der Waals surface area contributed by atoms with Crippen LogP contribution in [0, 0.1) is 11.6 Å². The SMILES string of the molecule is CC(=O)c1ccn(Cc2ccc(F)cc2F)c1. The topological polar surface area (TPSA) is 22.0 Å². The molecule has 0 atom stereocenters. The van der Waals surface area contributed by atoms with Gasteiger partial charge in [-0.2, -0.15) is 0 Å². The number of benzene rings is 1. The Kier molecular flexibility index (Phi) is 3.04. The molecule has 2 rings (SSSR count). The van der Waals surface area contributed by atoms with E-state index in [2.05, 4.69) is 0 Å². The number of rotatable bonds is 3. The van der Waals surface area contributed by atoms with Gasteiger partial charge >= 0.3 is 0 Å². The van der Waals surface area contributed by atoms with E-state index in [0.717, 1.165) is 6.07 Å². The van der Waals surface area contributed by atoms with Gasteiger partial charge < -0.3 is 4.57 Å². The van der Waals surface area contributed by atoms with Crippen molar-refractivity contribution >= 4 is 5.78 Å². The molecule has 2 nitrogen and oxygen atoms in total. The maximum absolute atomic E-state index is 13.4. The lowest BCUT2D eigenvalue weighted by Crippen LogP contribution is -2.00. The zero-order valence-electron chi connectivity index (χ0n) is 9.28. The predicted molar refractivity (Wildman–Crippen MR) is 59.9 cm³/mol. The number of halogens is 2. The monoisotopic (exact) mass is 235 g/mol. The lowest BCUT2D eigenvalue weighted by Gasteiger charge is -2.04. The van der Waals surface area contributed by atoms with E-state index >= 15 is 0 Å². The number of Topliss-reactive ketones (excluding diaryl/α,β-unsaturated/α-hetero) is 1. The van der Waals surface area contributed by atoms with Crippen LogP contribution in [0.25, 0.3) is 0 Å². The van der Waals surface area contributed by atoms with Gasteiger partial charge in [0.05, 0.1) is 0 Å². The van der Waals surface area contributed by atoms with Crippen LogP contribution in [0.1, 0.15) is 22.8 Å². The van der Waals surface area contributed by atoms with Crippen molar-refractivity contribution in [3.05, 3.63) is 59.4 Å². The summed E-state index contributed by atoms with van der Waals surface area (Å²) in [5, 5.41) is 0. The number of nitrogens with zero attached hydrogens (tertiary/aromatic N) is 1. The highest BCUT2D eigenvalue weighted by molar-refractivity contribution is 5.93. The highest BCUT2D eigenvalue weighted by atomic mass is 19.1. The van der Waals surface area contributed by atoms with Gasteiger partial charge in [-0.25, -0.2) is 8.78 Å². The van der Waals surface area contributed by atoms with Crippen LogP contribution in [0.15, 0.2) is 36.7 Å². The molecule has 17 heavy (non-hydrogen) atoms. The minimum atomic E-state index is -0.594. The third-order valence-corrected chi connectivity index (χ3v) is 2.53. The molecule has 2 aromatic rings.